The Kier molecular flexibility index (Phi) is 10.6. The van der Waals surface area contributed by atoms with Gasteiger partial charge in [-0.25, -0.2) is 19.6 Å². The number of aromatic nitrogens is 3. The molecule has 0 unspecified atom stereocenters. The molecule has 226 valence electrons. The van der Waals surface area contributed by atoms with Crippen LogP contribution in [0.2, 0.25) is 5.02 Å². The molecule has 0 saturated carbocycles. The maximum absolute atomic E-state index is 10.6. The smallest absolute Gasteiger partial charge is 0.475 e. The molecule has 3 heterocycles. The Balaban J connectivity index is 0.000000303. The average Bonchev–Trinajstić information content (AvgIpc) is 3.62. The minimum Gasteiger partial charge on any atom is -0.475 e. The number of halogens is 7. The molecule has 1 saturated heterocycles. The summed E-state index contributed by atoms with van der Waals surface area (Å²) in [5, 5.41) is 15.0. The molecule has 0 spiro atoms. The summed E-state index contributed by atoms with van der Waals surface area (Å²) in [6.07, 6.45) is -5.86. The average molecular weight is 627 g/mol. The fourth-order valence-electron chi connectivity index (χ4n) is 3.57. The summed E-state index contributed by atoms with van der Waals surface area (Å²) in [5.74, 6) is 1.80. The Morgan fingerprint density at radius 3 is 1.91 bits per heavy atom. The number of carboxylic acid groups (broad SMARTS) is 2. The molecular formula is C28H21ClF6N4O4. The topological polar surface area (TPSA) is 119 Å². The van der Waals surface area contributed by atoms with Crippen molar-refractivity contribution in [3.63, 3.8) is 0 Å². The molecule has 0 atom stereocenters. The van der Waals surface area contributed by atoms with Crippen LogP contribution in [0.25, 0.3) is 22.2 Å². The molecule has 2 aromatic carbocycles. The van der Waals surface area contributed by atoms with E-state index in [4.69, 9.17) is 36.4 Å². The second kappa shape index (κ2) is 13.9. The maximum Gasteiger partial charge on any atom is 0.490 e. The third-order valence-electron chi connectivity index (χ3n) is 5.64. The van der Waals surface area contributed by atoms with Gasteiger partial charge in [0.25, 0.3) is 0 Å². The summed E-state index contributed by atoms with van der Waals surface area (Å²) in [7, 11) is 0. The number of aromatic amines is 1. The van der Waals surface area contributed by atoms with Crippen molar-refractivity contribution in [2.45, 2.75) is 25.2 Å². The van der Waals surface area contributed by atoms with Gasteiger partial charge in [0.15, 0.2) is 0 Å². The lowest BCUT2D eigenvalue weighted by atomic mass is 10.1. The molecule has 1 aliphatic heterocycles. The minimum absolute atomic E-state index is 0.728. The number of pyridine rings is 1. The number of carbonyl (C=O) groups is 2. The number of rotatable bonds is 2. The van der Waals surface area contributed by atoms with Crippen LogP contribution in [0.3, 0.4) is 0 Å². The highest BCUT2D eigenvalue weighted by Gasteiger charge is 2.38. The zero-order valence-corrected chi connectivity index (χ0v) is 22.6. The lowest BCUT2D eigenvalue weighted by Gasteiger charge is -2.12. The molecule has 43 heavy (non-hydrogen) atoms. The first kappa shape index (κ1) is 32.7. The first-order valence-corrected chi connectivity index (χ1v) is 12.6. The van der Waals surface area contributed by atoms with Crippen molar-refractivity contribution < 1.29 is 46.1 Å². The fraction of sp³-hybridized carbons (Fsp3) is 0.214. The molecule has 15 heteroatoms. The number of alkyl halides is 6. The molecule has 0 aliphatic carbocycles. The molecule has 2 aromatic heterocycles. The van der Waals surface area contributed by atoms with Crippen molar-refractivity contribution in [3.8, 4) is 23.0 Å². The van der Waals surface area contributed by atoms with Crippen molar-refractivity contribution in [1.29, 1.82) is 0 Å². The van der Waals surface area contributed by atoms with Gasteiger partial charge in [0.05, 0.1) is 11.0 Å². The van der Waals surface area contributed by atoms with Gasteiger partial charge < -0.3 is 20.1 Å². The number of hydrogen-bond acceptors (Lipinski definition) is 5. The number of nitrogens with one attached hydrogen (secondary N) is 1. The normalized spacial score (nSPS) is 12.8. The van der Waals surface area contributed by atoms with Crippen molar-refractivity contribution in [1.82, 2.24) is 15.0 Å². The van der Waals surface area contributed by atoms with Crippen molar-refractivity contribution >= 4 is 40.5 Å². The zero-order chi connectivity index (χ0) is 31.8. The summed E-state index contributed by atoms with van der Waals surface area (Å²) >= 11 is 5.95. The van der Waals surface area contributed by atoms with Gasteiger partial charge in [0, 0.05) is 35.4 Å². The standard InChI is InChI=1S/C24H19ClN4.2C2HF3O2/c25-20-8-5-18(6-9-20)19-7-11-21(26-16-19)10-3-17-4-12-22-23(15-17)28-24(27-22)29-13-1-2-14-29;2*3-2(4,5)1(6)7/h4-9,11-12,15-16H,1-2,13-14H2,(H,27,28);2*(H,6,7). The number of fused-ring (bicyclic) bond motifs is 1. The fourth-order valence-corrected chi connectivity index (χ4v) is 3.70. The lowest BCUT2D eigenvalue weighted by molar-refractivity contribution is -0.193. The Bertz CT molecular complexity index is 1600. The van der Waals surface area contributed by atoms with Gasteiger partial charge in [-0.15, -0.1) is 0 Å². The molecule has 0 amide bonds. The second-order valence-corrected chi connectivity index (χ2v) is 9.22. The molecule has 8 nitrogen and oxygen atoms in total. The van der Waals surface area contributed by atoms with Crippen LogP contribution in [0.15, 0.2) is 60.8 Å². The summed E-state index contributed by atoms with van der Waals surface area (Å²) in [4.78, 5) is 32.7. The van der Waals surface area contributed by atoms with E-state index >= 15 is 0 Å². The van der Waals surface area contributed by atoms with Gasteiger partial charge in [-0.05, 0) is 60.7 Å². The van der Waals surface area contributed by atoms with Gasteiger partial charge in [-0.3, -0.25) is 0 Å². The molecule has 4 aromatic rings. The third-order valence-corrected chi connectivity index (χ3v) is 5.89. The van der Waals surface area contributed by atoms with Crippen molar-refractivity contribution in [3.05, 3.63) is 77.1 Å². The van der Waals surface area contributed by atoms with E-state index in [-0.39, 0.29) is 0 Å². The van der Waals surface area contributed by atoms with Gasteiger partial charge in [0.1, 0.15) is 5.69 Å². The SMILES string of the molecule is Clc1ccc(-c2ccc(C#Cc3ccc4nc(N5CCCC5)[nH]c4c3)nc2)cc1.O=C(O)C(F)(F)F.O=C(O)C(F)(F)F. The quantitative estimate of drug-likeness (QED) is 0.171. The Morgan fingerprint density at radius 2 is 1.40 bits per heavy atom. The first-order valence-electron chi connectivity index (χ1n) is 12.2. The summed E-state index contributed by atoms with van der Waals surface area (Å²) in [6, 6.07) is 17.8. The van der Waals surface area contributed by atoms with Crippen LogP contribution in [0.4, 0.5) is 32.3 Å². The van der Waals surface area contributed by atoms with E-state index in [9.17, 15) is 26.3 Å². The van der Waals surface area contributed by atoms with E-state index in [1.54, 1.807) is 0 Å². The molecule has 1 fully saturated rings. The lowest BCUT2D eigenvalue weighted by Crippen LogP contribution is -2.21. The number of imidazole rings is 1. The Morgan fingerprint density at radius 1 is 0.837 bits per heavy atom. The predicted octanol–water partition coefficient (Wildman–Crippen LogP) is 6.54. The van der Waals surface area contributed by atoms with Crippen LogP contribution in [0, 0.1) is 11.8 Å². The molecular weight excluding hydrogens is 606 g/mol. The predicted molar refractivity (Wildman–Crippen MR) is 146 cm³/mol. The number of carboxylic acids is 2. The molecule has 1 aliphatic rings. The summed E-state index contributed by atoms with van der Waals surface area (Å²) < 4.78 is 63.5. The number of benzene rings is 2. The Labute approximate surface area is 244 Å². The minimum atomic E-state index is -5.08. The highest BCUT2D eigenvalue weighted by Crippen LogP contribution is 2.23. The van der Waals surface area contributed by atoms with Gasteiger partial charge in [-0.2, -0.15) is 26.3 Å². The van der Waals surface area contributed by atoms with Crippen LogP contribution >= 0.6 is 11.6 Å². The summed E-state index contributed by atoms with van der Waals surface area (Å²) in [6.45, 7) is 2.15. The number of hydrogen-bond donors (Lipinski definition) is 3. The number of aliphatic carboxylic acids is 2. The van der Waals surface area contributed by atoms with Gasteiger partial charge in [-0.1, -0.05) is 35.7 Å². The van der Waals surface area contributed by atoms with Crippen LogP contribution in [-0.4, -0.2) is 62.5 Å². The first-order chi connectivity index (χ1) is 20.1. The second-order valence-electron chi connectivity index (χ2n) is 8.78. The number of nitrogens with zero attached hydrogens (tertiary/aromatic N) is 3. The van der Waals surface area contributed by atoms with E-state index in [2.05, 4.69) is 32.8 Å². The van der Waals surface area contributed by atoms with E-state index < -0.39 is 24.3 Å². The largest absolute Gasteiger partial charge is 0.490 e. The highest BCUT2D eigenvalue weighted by molar-refractivity contribution is 6.30. The van der Waals surface area contributed by atoms with E-state index in [0.717, 1.165) is 57.5 Å². The highest BCUT2D eigenvalue weighted by atomic mass is 35.5. The molecule has 0 bridgehead atoms. The number of anilines is 1. The van der Waals surface area contributed by atoms with Crippen molar-refractivity contribution in [2.75, 3.05) is 18.0 Å². The van der Waals surface area contributed by atoms with Crippen LogP contribution in [0.1, 0.15) is 24.1 Å². The van der Waals surface area contributed by atoms with Crippen molar-refractivity contribution in [2.24, 2.45) is 0 Å². The number of H-pyrrole nitrogens is 1. The van der Waals surface area contributed by atoms with E-state index in [1.807, 2.05) is 54.7 Å². The molecule has 3 N–H and O–H groups in total. The molecule has 0 radical (unpaired) electrons. The van der Waals surface area contributed by atoms with Crippen LogP contribution in [-0.2, 0) is 9.59 Å². The summed E-state index contributed by atoms with van der Waals surface area (Å²) in [5.41, 5.74) is 5.80. The van der Waals surface area contributed by atoms with Gasteiger partial charge >= 0.3 is 24.3 Å². The maximum atomic E-state index is 10.6. The van der Waals surface area contributed by atoms with Crippen LogP contribution < -0.4 is 4.90 Å². The Hall–Kier alpha value is -4.77. The van der Waals surface area contributed by atoms with E-state index in [0.29, 0.717) is 0 Å². The molecule has 5 rings (SSSR count). The monoisotopic (exact) mass is 626 g/mol. The third kappa shape index (κ3) is 9.93. The van der Waals surface area contributed by atoms with E-state index in [1.165, 1.54) is 12.8 Å². The zero-order valence-electron chi connectivity index (χ0n) is 21.8. The van der Waals surface area contributed by atoms with Crippen LogP contribution in [0.5, 0.6) is 0 Å². The van der Waals surface area contributed by atoms with Gasteiger partial charge in [0.2, 0.25) is 5.95 Å².